The minimum Gasteiger partial charge on any atom is -0.450 e. The van der Waals surface area contributed by atoms with Crippen LogP contribution in [0.5, 0.6) is 0 Å². The second kappa shape index (κ2) is 13.2. The lowest BCUT2D eigenvalue weighted by atomic mass is 9.77. The quantitative estimate of drug-likeness (QED) is 0.146. The van der Waals surface area contributed by atoms with Crippen LogP contribution in [0, 0.1) is 0 Å². The summed E-state index contributed by atoms with van der Waals surface area (Å²) in [5.41, 5.74) is 2.61. The van der Waals surface area contributed by atoms with Gasteiger partial charge in [0.1, 0.15) is 17.0 Å². The van der Waals surface area contributed by atoms with E-state index >= 15 is 0 Å². The Morgan fingerprint density at radius 3 is 1.80 bits per heavy atom. The summed E-state index contributed by atoms with van der Waals surface area (Å²) in [6.07, 6.45) is 2.67. The van der Waals surface area contributed by atoms with Crippen molar-refractivity contribution in [1.82, 2.24) is 15.1 Å². The monoisotopic (exact) mass is 553 g/mol. The Kier molecular flexibility index (Phi) is 9.45. The Bertz CT molecular complexity index is 1320. The van der Waals surface area contributed by atoms with Crippen LogP contribution in [0.15, 0.2) is 97.2 Å². The number of anilines is 2. The van der Waals surface area contributed by atoms with Crippen molar-refractivity contribution in [2.24, 2.45) is 7.05 Å². The van der Waals surface area contributed by atoms with Crippen LogP contribution in [0.4, 0.5) is 16.3 Å². The number of hydrogen-bond acceptors (Lipinski definition) is 5. The molecule has 8 nitrogen and oxygen atoms in total. The third kappa shape index (κ3) is 7.54. The number of benzene rings is 3. The van der Waals surface area contributed by atoms with E-state index in [-0.39, 0.29) is 18.1 Å². The maximum atomic E-state index is 12.9. The van der Waals surface area contributed by atoms with Gasteiger partial charge in [-0.15, -0.1) is 0 Å². The highest BCUT2D eigenvalue weighted by molar-refractivity contribution is 5.93. The number of carbonyl (C=O) groups is 2. The molecule has 0 saturated heterocycles. The Hall–Kier alpha value is -4.59. The molecule has 4 aromatic rings. The van der Waals surface area contributed by atoms with Gasteiger partial charge < -0.3 is 20.7 Å². The minimum atomic E-state index is -0.762. The number of alkyl carbamates (subject to hydrolysis) is 1. The number of carbonyl (C=O) groups excluding carboxylic acids is 2. The molecule has 0 fully saturated rings. The average molecular weight is 554 g/mol. The van der Waals surface area contributed by atoms with E-state index in [0.29, 0.717) is 30.8 Å². The predicted molar refractivity (Wildman–Crippen MR) is 163 cm³/mol. The zero-order chi connectivity index (χ0) is 29.3. The summed E-state index contributed by atoms with van der Waals surface area (Å²) in [4.78, 5) is 24.8. The lowest BCUT2D eigenvalue weighted by Crippen LogP contribution is -2.41. The van der Waals surface area contributed by atoms with E-state index in [4.69, 9.17) is 4.74 Å². The number of rotatable bonds is 11. The molecule has 0 aliphatic heterocycles. The standard InChI is InChI=1S/C33H39N5O3/c1-32(2,3)37-31(40)41-23-15-14-22-29(39)35-28-24-34-38(4)30(28)36-33(25-16-8-5-9-17-25,26-18-10-6-11-19-26)27-20-12-7-13-21-27/h5-13,16-21,24,36H,14-15,22-23H2,1-4H3,(H,35,39)(H,37,40). The first-order chi connectivity index (χ1) is 19.7. The first-order valence-electron chi connectivity index (χ1n) is 13.9. The average Bonchev–Trinajstić information content (AvgIpc) is 3.29. The normalized spacial score (nSPS) is 11.5. The number of aromatic nitrogens is 2. The molecule has 2 amide bonds. The molecule has 214 valence electrons. The molecule has 0 radical (unpaired) electrons. The number of unbranched alkanes of at least 4 members (excludes halogenated alkanes) is 1. The lowest BCUT2D eigenvalue weighted by Gasteiger charge is -2.38. The van der Waals surface area contributed by atoms with Gasteiger partial charge in [-0.1, -0.05) is 91.0 Å². The summed E-state index contributed by atoms with van der Waals surface area (Å²) < 4.78 is 6.95. The molecule has 3 aromatic carbocycles. The largest absolute Gasteiger partial charge is 0.450 e. The maximum Gasteiger partial charge on any atom is 0.407 e. The van der Waals surface area contributed by atoms with E-state index in [1.165, 1.54) is 0 Å². The molecule has 1 aromatic heterocycles. The molecule has 4 rings (SSSR count). The summed E-state index contributed by atoms with van der Waals surface area (Å²) in [5, 5.41) is 14.1. The van der Waals surface area contributed by atoms with Crippen molar-refractivity contribution in [1.29, 1.82) is 0 Å². The van der Waals surface area contributed by atoms with Crippen LogP contribution < -0.4 is 16.0 Å². The van der Waals surface area contributed by atoms with Crippen molar-refractivity contribution in [2.75, 3.05) is 17.2 Å². The van der Waals surface area contributed by atoms with Crippen LogP contribution in [0.3, 0.4) is 0 Å². The fourth-order valence-corrected chi connectivity index (χ4v) is 4.74. The molecular formula is C33H39N5O3. The number of nitrogens with one attached hydrogen (secondary N) is 3. The van der Waals surface area contributed by atoms with E-state index in [9.17, 15) is 9.59 Å². The molecule has 0 spiro atoms. The summed E-state index contributed by atoms with van der Waals surface area (Å²) in [7, 11) is 1.85. The van der Waals surface area contributed by atoms with Gasteiger partial charge in [-0.2, -0.15) is 5.10 Å². The Morgan fingerprint density at radius 2 is 1.32 bits per heavy atom. The minimum absolute atomic E-state index is 0.134. The molecule has 41 heavy (non-hydrogen) atoms. The SMILES string of the molecule is Cn1ncc(NC(=O)CCCCOC(=O)NC(C)(C)C)c1NC(c1ccccc1)(c1ccccc1)c1ccccc1. The Balaban J connectivity index is 1.54. The van der Waals surface area contributed by atoms with Crippen molar-refractivity contribution in [3.63, 3.8) is 0 Å². The second-order valence-electron chi connectivity index (χ2n) is 11.0. The van der Waals surface area contributed by atoms with E-state index in [1.54, 1.807) is 10.9 Å². The summed E-state index contributed by atoms with van der Waals surface area (Å²) in [5.74, 6) is 0.544. The number of hydrogen-bond donors (Lipinski definition) is 3. The van der Waals surface area contributed by atoms with Crippen molar-refractivity contribution in [3.05, 3.63) is 114 Å². The van der Waals surface area contributed by atoms with Crippen molar-refractivity contribution < 1.29 is 14.3 Å². The smallest absolute Gasteiger partial charge is 0.407 e. The maximum absolute atomic E-state index is 12.9. The van der Waals surface area contributed by atoms with E-state index < -0.39 is 11.6 Å². The van der Waals surface area contributed by atoms with Gasteiger partial charge in [0.25, 0.3) is 0 Å². The molecular weight excluding hydrogens is 514 g/mol. The second-order valence-corrected chi connectivity index (χ2v) is 11.0. The first kappa shape index (κ1) is 29.4. The van der Waals surface area contributed by atoms with Crippen LogP contribution in [0.2, 0.25) is 0 Å². The number of nitrogens with zero attached hydrogens (tertiary/aromatic N) is 2. The zero-order valence-electron chi connectivity index (χ0n) is 24.2. The van der Waals surface area contributed by atoms with Crippen LogP contribution in [-0.2, 0) is 22.1 Å². The van der Waals surface area contributed by atoms with Gasteiger partial charge in [-0.3, -0.25) is 9.48 Å². The number of amides is 2. The van der Waals surface area contributed by atoms with E-state index in [0.717, 1.165) is 16.7 Å². The highest BCUT2D eigenvalue weighted by Crippen LogP contribution is 2.41. The first-order valence-corrected chi connectivity index (χ1v) is 13.9. The highest BCUT2D eigenvalue weighted by Gasteiger charge is 2.37. The fourth-order valence-electron chi connectivity index (χ4n) is 4.74. The zero-order valence-corrected chi connectivity index (χ0v) is 24.2. The molecule has 3 N–H and O–H groups in total. The van der Waals surface area contributed by atoms with Crippen molar-refractivity contribution in [2.45, 2.75) is 51.1 Å². The number of aryl methyl sites for hydroxylation is 1. The topological polar surface area (TPSA) is 97.3 Å². The Morgan fingerprint density at radius 1 is 0.805 bits per heavy atom. The van der Waals surface area contributed by atoms with Gasteiger partial charge in [-0.05, 0) is 50.3 Å². The number of ether oxygens (including phenoxy) is 1. The van der Waals surface area contributed by atoms with E-state index in [1.807, 2.05) is 82.4 Å². The molecule has 0 aliphatic carbocycles. The third-order valence-corrected chi connectivity index (χ3v) is 6.65. The molecule has 8 heteroatoms. The van der Waals surface area contributed by atoms with Crippen molar-refractivity contribution in [3.8, 4) is 0 Å². The van der Waals surface area contributed by atoms with Gasteiger partial charge in [0.05, 0.1) is 12.8 Å². The molecule has 1 heterocycles. The summed E-state index contributed by atoms with van der Waals surface area (Å²) in [6, 6.07) is 30.8. The predicted octanol–water partition coefficient (Wildman–Crippen LogP) is 6.46. The molecule has 0 aliphatic rings. The third-order valence-electron chi connectivity index (χ3n) is 6.65. The Labute approximate surface area is 242 Å². The van der Waals surface area contributed by atoms with Crippen LogP contribution >= 0.6 is 0 Å². The van der Waals surface area contributed by atoms with Gasteiger partial charge >= 0.3 is 6.09 Å². The van der Waals surface area contributed by atoms with Crippen LogP contribution in [0.1, 0.15) is 56.7 Å². The van der Waals surface area contributed by atoms with Gasteiger partial charge in [0, 0.05) is 19.0 Å². The van der Waals surface area contributed by atoms with Gasteiger partial charge in [-0.25, -0.2) is 4.79 Å². The molecule has 0 bridgehead atoms. The lowest BCUT2D eigenvalue weighted by molar-refractivity contribution is -0.116. The van der Waals surface area contributed by atoms with Crippen LogP contribution in [0.25, 0.3) is 0 Å². The summed E-state index contributed by atoms with van der Waals surface area (Å²) in [6.45, 7) is 5.93. The molecule has 0 saturated carbocycles. The molecule has 0 atom stereocenters. The van der Waals surface area contributed by atoms with Crippen LogP contribution in [-0.4, -0.2) is 33.9 Å². The molecule has 0 unspecified atom stereocenters. The van der Waals surface area contributed by atoms with Gasteiger partial charge in [0.2, 0.25) is 5.91 Å². The highest BCUT2D eigenvalue weighted by atomic mass is 16.5. The summed E-state index contributed by atoms with van der Waals surface area (Å²) >= 11 is 0. The van der Waals surface area contributed by atoms with E-state index in [2.05, 4.69) is 57.4 Å². The fraction of sp³-hybridized carbons (Fsp3) is 0.303. The van der Waals surface area contributed by atoms with Crippen molar-refractivity contribution >= 4 is 23.5 Å². The van der Waals surface area contributed by atoms with Gasteiger partial charge in [0.15, 0.2) is 0 Å².